The van der Waals surface area contributed by atoms with Crippen LogP contribution in [-0.4, -0.2) is 23.4 Å². The minimum Gasteiger partial charge on any atom is -0.493 e. The smallest absolute Gasteiger partial charge is 0.270 e. The van der Waals surface area contributed by atoms with Gasteiger partial charge in [-0.2, -0.15) is 0 Å². The quantitative estimate of drug-likeness (QED) is 0.159. The van der Waals surface area contributed by atoms with E-state index in [1.165, 1.54) is 6.07 Å². The van der Waals surface area contributed by atoms with Crippen molar-refractivity contribution >= 4 is 28.4 Å². The highest BCUT2D eigenvalue weighted by atomic mass is 19.2. The third kappa shape index (κ3) is 5.82. The Bertz CT molecular complexity index is 1530. The number of rotatable bonds is 8. The van der Waals surface area contributed by atoms with Crippen LogP contribution in [0, 0.1) is 35.0 Å². The monoisotopic (exact) mass is 543 g/mol. The van der Waals surface area contributed by atoms with Gasteiger partial charge in [0.2, 0.25) is 5.82 Å². The van der Waals surface area contributed by atoms with Crippen LogP contribution in [0.4, 0.5) is 27.6 Å². The van der Waals surface area contributed by atoms with Gasteiger partial charge in [-0.05, 0) is 30.2 Å². The first-order valence-electron chi connectivity index (χ1n) is 11.8. The van der Waals surface area contributed by atoms with E-state index < -0.39 is 53.0 Å². The average Bonchev–Trinajstić information content (AvgIpc) is 2.94. The Morgan fingerprint density at radius 1 is 0.846 bits per heavy atom. The molecule has 0 saturated carbocycles. The molecule has 0 spiro atoms. The number of nitrogens with one attached hydrogen (secondary N) is 2. The normalized spacial score (nSPS) is 11.1. The summed E-state index contributed by atoms with van der Waals surface area (Å²) in [6, 6.07) is 14.6. The molecule has 2 N–H and O–H groups in total. The van der Waals surface area contributed by atoms with Crippen molar-refractivity contribution in [2.75, 3.05) is 11.9 Å². The molecule has 4 rings (SSSR count). The minimum atomic E-state index is -2.30. The van der Waals surface area contributed by atoms with Gasteiger partial charge >= 0.3 is 0 Å². The average molecular weight is 543 g/mol. The van der Waals surface area contributed by atoms with Crippen molar-refractivity contribution in [3.05, 3.63) is 101 Å². The molecule has 0 unspecified atom stereocenters. The van der Waals surface area contributed by atoms with E-state index in [1.807, 2.05) is 13.8 Å². The number of carbonyl (C=O) groups excluding carboxylic acids is 2. The van der Waals surface area contributed by atoms with E-state index in [-0.39, 0.29) is 35.2 Å². The first kappa shape index (κ1) is 27.5. The Kier molecular flexibility index (Phi) is 8.08. The molecule has 39 heavy (non-hydrogen) atoms. The molecule has 0 atom stereocenters. The summed E-state index contributed by atoms with van der Waals surface area (Å²) < 4.78 is 74.5. The maximum atomic E-state index is 14.1. The summed E-state index contributed by atoms with van der Waals surface area (Å²) in [5, 5.41) is 5.35. The lowest BCUT2D eigenvalue weighted by atomic mass is 10.1. The van der Waals surface area contributed by atoms with Crippen LogP contribution in [0.1, 0.15) is 40.3 Å². The number of anilines is 1. The van der Waals surface area contributed by atoms with Gasteiger partial charge in [-0.25, -0.2) is 26.9 Å². The van der Waals surface area contributed by atoms with E-state index >= 15 is 0 Å². The molecule has 202 valence electrons. The highest BCUT2D eigenvalue weighted by molar-refractivity contribution is 6.09. The Labute approximate surface area is 219 Å². The SMILES string of the molecule is CC(C)COc1cc(C(=O)NCc2c(F)c(F)c(F)c(F)c2F)nc2c(NC(=O)c3ccccc3)cccc12. The second kappa shape index (κ2) is 11.5. The molecule has 1 heterocycles. The largest absolute Gasteiger partial charge is 0.493 e. The summed E-state index contributed by atoms with van der Waals surface area (Å²) in [6.45, 7) is 3.09. The van der Waals surface area contributed by atoms with Gasteiger partial charge in [0.1, 0.15) is 11.4 Å². The maximum Gasteiger partial charge on any atom is 0.270 e. The number of fused-ring (bicyclic) bond motifs is 1. The maximum absolute atomic E-state index is 14.1. The predicted molar refractivity (Wildman–Crippen MR) is 134 cm³/mol. The number of amides is 2. The fourth-order valence-corrected chi connectivity index (χ4v) is 3.66. The fraction of sp³-hybridized carbons (Fsp3) is 0.179. The lowest BCUT2D eigenvalue weighted by Gasteiger charge is -2.15. The second-order valence-corrected chi connectivity index (χ2v) is 8.96. The van der Waals surface area contributed by atoms with Crippen LogP contribution in [0.25, 0.3) is 10.9 Å². The summed E-state index contributed by atoms with van der Waals surface area (Å²) in [5.41, 5.74) is -0.656. The number of carbonyl (C=O) groups is 2. The zero-order valence-corrected chi connectivity index (χ0v) is 20.7. The predicted octanol–water partition coefficient (Wildman–Crippen LogP) is 6.15. The highest BCUT2D eigenvalue weighted by Crippen LogP contribution is 2.31. The number of pyridine rings is 1. The van der Waals surface area contributed by atoms with Crippen LogP contribution < -0.4 is 15.4 Å². The molecular weight excluding hydrogens is 521 g/mol. The summed E-state index contributed by atoms with van der Waals surface area (Å²) in [7, 11) is 0. The van der Waals surface area contributed by atoms with Crippen LogP contribution in [-0.2, 0) is 6.54 Å². The molecule has 11 heteroatoms. The minimum absolute atomic E-state index is 0.112. The van der Waals surface area contributed by atoms with Gasteiger partial charge in [0.05, 0.1) is 17.8 Å². The van der Waals surface area contributed by atoms with Gasteiger partial charge in [-0.15, -0.1) is 0 Å². The van der Waals surface area contributed by atoms with E-state index in [2.05, 4.69) is 15.6 Å². The standard InChI is InChI=1S/C28H22F5N3O3/c1-14(2)13-39-20-11-19(28(38)34-12-17-21(29)23(31)25(33)24(32)22(17)30)35-26-16(20)9-6-10-18(26)36-27(37)15-7-4-3-5-8-15/h3-11,14H,12-13H2,1-2H3,(H,34,38)(H,36,37). The van der Waals surface area contributed by atoms with Crippen LogP contribution in [0.2, 0.25) is 0 Å². The molecule has 1 aromatic heterocycles. The van der Waals surface area contributed by atoms with Crippen LogP contribution in [0.3, 0.4) is 0 Å². The Balaban J connectivity index is 1.70. The van der Waals surface area contributed by atoms with Crippen LogP contribution in [0.15, 0.2) is 54.6 Å². The number of halogens is 5. The Morgan fingerprint density at radius 2 is 1.49 bits per heavy atom. The molecule has 3 aromatic carbocycles. The third-order valence-corrected chi connectivity index (χ3v) is 5.62. The van der Waals surface area contributed by atoms with Crippen molar-refractivity contribution < 1.29 is 36.3 Å². The number of ether oxygens (including phenoxy) is 1. The van der Waals surface area contributed by atoms with E-state index in [1.54, 1.807) is 48.5 Å². The second-order valence-electron chi connectivity index (χ2n) is 8.96. The summed E-state index contributed by atoms with van der Waals surface area (Å²) in [6.07, 6.45) is 0. The van der Waals surface area contributed by atoms with Crippen molar-refractivity contribution in [2.24, 2.45) is 5.92 Å². The van der Waals surface area contributed by atoms with Gasteiger partial charge in [0, 0.05) is 29.1 Å². The molecule has 4 aromatic rings. The summed E-state index contributed by atoms with van der Waals surface area (Å²) >= 11 is 0. The first-order chi connectivity index (χ1) is 18.6. The van der Waals surface area contributed by atoms with Crippen molar-refractivity contribution in [2.45, 2.75) is 20.4 Å². The fourth-order valence-electron chi connectivity index (χ4n) is 3.66. The number of hydrogen-bond acceptors (Lipinski definition) is 4. The van der Waals surface area contributed by atoms with Gasteiger partial charge in [0.15, 0.2) is 23.3 Å². The lowest BCUT2D eigenvalue weighted by Crippen LogP contribution is -2.26. The van der Waals surface area contributed by atoms with Crippen molar-refractivity contribution in [1.29, 1.82) is 0 Å². The van der Waals surface area contributed by atoms with E-state index in [4.69, 9.17) is 4.74 Å². The number of hydrogen-bond donors (Lipinski definition) is 2. The number of aromatic nitrogens is 1. The van der Waals surface area contributed by atoms with Crippen molar-refractivity contribution in [3.63, 3.8) is 0 Å². The number of nitrogens with zero attached hydrogens (tertiary/aromatic N) is 1. The van der Waals surface area contributed by atoms with E-state index in [0.29, 0.717) is 10.9 Å². The Hall–Kier alpha value is -4.54. The van der Waals surface area contributed by atoms with E-state index in [9.17, 15) is 31.5 Å². The molecule has 6 nitrogen and oxygen atoms in total. The van der Waals surface area contributed by atoms with Crippen LogP contribution in [0.5, 0.6) is 5.75 Å². The first-order valence-corrected chi connectivity index (χ1v) is 11.8. The lowest BCUT2D eigenvalue weighted by molar-refractivity contribution is 0.0944. The number of benzene rings is 3. The summed E-state index contributed by atoms with van der Waals surface area (Å²) in [4.78, 5) is 30.0. The van der Waals surface area contributed by atoms with Crippen molar-refractivity contribution in [3.8, 4) is 5.75 Å². The number of para-hydroxylation sites is 1. The zero-order valence-electron chi connectivity index (χ0n) is 20.7. The summed E-state index contributed by atoms with van der Waals surface area (Å²) in [5.74, 6) is -11.7. The molecule has 2 amide bonds. The van der Waals surface area contributed by atoms with Gasteiger partial charge in [0.25, 0.3) is 11.8 Å². The van der Waals surface area contributed by atoms with Crippen molar-refractivity contribution in [1.82, 2.24) is 10.3 Å². The topological polar surface area (TPSA) is 80.3 Å². The molecule has 0 bridgehead atoms. The molecule has 0 aliphatic carbocycles. The van der Waals surface area contributed by atoms with Crippen LogP contribution >= 0.6 is 0 Å². The molecular formula is C28H22F5N3O3. The molecule has 0 saturated heterocycles. The highest BCUT2D eigenvalue weighted by Gasteiger charge is 2.26. The van der Waals surface area contributed by atoms with E-state index in [0.717, 1.165) is 0 Å². The molecule has 0 fully saturated rings. The molecule has 0 aliphatic rings. The van der Waals surface area contributed by atoms with Gasteiger partial charge < -0.3 is 15.4 Å². The third-order valence-electron chi connectivity index (χ3n) is 5.62. The zero-order chi connectivity index (χ0) is 28.3. The molecule has 0 aliphatic heterocycles. The molecule has 0 radical (unpaired) electrons. The van der Waals surface area contributed by atoms with Gasteiger partial charge in [-0.3, -0.25) is 9.59 Å². The van der Waals surface area contributed by atoms with Gasteiger partial charge in [-0.1, -0.05) is 38.1 Å². The Morgan fingerprint density at radius 3 is 2.13 bits per heavy atom.